The monoisotopic (exact) mass is 711 g/mol. The maximum Gasteiger partial charge on any atom is 0.342 e. The zero-order valence-corrected chi connectivity index (χ0v) is 29.5. The Kier molecular flexibility index (Phi) is 12.2. The Hall–Kier alpha value is -2.92. The number of aliphatic hydroxyl groups is 2. The molecule has 3 heterocycles. The van der Waals surface area contributed by atoms with E-state index in [-0.39, 0.29) is 35.2 Å². The van der Waals surface area contributed by atoms with E-state index in [1.807, 2.05) is 0 Å². The number of ether oxygens (including phenoxy) is 4. The number of aromatic nitrogens is 4. The van der Waals surface area contributed by atoms with Gasteiger partial charge in [-0.1, -0.05) is 12.8 Å². The molecule has 17 nitrogen and oxygen atoms in total. The molecule has 3 aliphatic rings. The summed E-state index contributed by atoms with van der Waals surface area (Å²) in [6.07, 6.45) is 5.91. The summed E-state index contributed by atoms with van der Waals surface area (Å²) in [6, 6.07) is -2.18. The topological polar surface area (TPSA) is 231 Å². The lowest BCUT2D eigenvalue weighted by Crippen LogP contribution is -2.46. The van der Waals surface area contributed by atoms with Crippen LogP contribution in [0, 0.1) is 0 Å². The number of hydrogen-bond donors (Lipinski definition) is 5. The van der Waals surface area contributed by atoms with Gasteiger partial charge in [-0.3, -0.25) is 18.7 Å². The van der Waals surface area contributed by atoms with E-state index in [1.54, 1.807) is 6.92 Å². The van der Waals surface area contributed by atoms with Crippen LogP contribution in [0.3, 0.4) is 0 Å². The van der Waals surface area contributed by atoms with Gasteiger partial charge in [-0.05, 0) is 79.1 Å². The second kappa shape index (κ2) is 16.0. The van der Waals surface area contributed by atoms with Crippen LogP contribution in [0.2, 0.25) is 0 Å². The van der Waals surface area contributed by atoms with Crippen molar-refractivity contribution in [1.29, 1.82) is 0 Å². The van der Waals surface area contributed by atoms with Crippen LogP contribution < -0.4 is 20.6 Å². The number of nitrogens with one attached hydrogen (secondary N) is 2. The fourth-order valence-corrected chi connectivity index (χ4v) is 8.31. The first-order valence-electron chi connectivity index (χ1n) is 17.2. The Morgan fingerprint density at radius 3 is 2.12 bits per heavy atom. The van der Waals surface area contributed by atoms with E-state index in [1.165, 1.54) is 31.7 Å². The van der Waals surface area contributed by atoms with Crippen LogP contribution in [0.15, 0.2) is 6.33 Å². The van der Waals surface area contributed by atoms with E-state index in [9.17, 15) is 24.4 Å². The summed E-state index contributed by atoms with van der Waals surface area (Å²) in [5.74, 6) is -1.18. The highest BCUT2D eigenvalue weighted by Crippen LogP contribution is 2.44. The zero-order chi connectivity index (χ0) is 35.3. The fraction of sp³-hybridized carbons (Fsp3) is 0.774. The highest BCUT2D eigenvalue weighted by Gasteiger charge is 2.54. The first-order chi connectivity index (χ1) is 23.3. The Morgan fingerprint density at radius 1 is 1.04 bits per heavy atom. The van der Waals surface area contributed by atoms with Crippen molar-refractivity contribution >= 4 is 36.7 Å². The van der Waals surface area contributed by atoms with Crippen molar-refractivity contribution in [2.75, 3.05) is 18.9 Å². The molecule has 2 aromatic heterocycles. The molecule has 3 fully saturated rings. The lowest BCUT2D eigenvalue weighted by molar-refractivity contribution is -0.152. The lowest BCUT2D eigenvalue weighted by Gasteiger charge is -2.29. The highest BCUT2D eigenvalue weighted by atomic mass is 31.2. The number of nitrogens with two attached hydrogens (primary N) is 1. The highest BCUT2D eigenvalue weighted by molar-refractivity contribution is 7.54. The molecule has 18 heteroatoms. The second-order valence-electron chi connectivity index (χ2n) is 13.3. The summed E-state index contributed by atoms with van der Waals surface area (Å²) in [5.41, 5.74) is 4.45. The smallest absolute Gasteiger partial charge is 0.342 e. The molecule has 2 aliphatic carbocycles. The van der Waals surface area contributed by atoms with Crippen molar-refractivity contribution < 1.29 is 47.8 Å². The van der Waals surface area contributed by atoms with E-state index < -0.39 is 62.3 Å². The van der Waals surface area contributed by atoms with Crippen molar-refractivity contribution in [1.82, 2.24) is 29.7 Å². The maximum atomic E-state index is 14.4. The summed E-state index contributed by atoms with van der Waals surface area (Å²) >= 11 is 0. The van der Waals surface area contributed by atoms with Crippen LogP contribution in [0.25, 0.3) is 11.2 Å². The number of aliphatic hydroxyl groups excluding tert-OH is 1. The molecule has 0 amide bonds. The van der Waals surface area contributed by atoms with Crippen LogP contribution in [0.1, 0.15) is 98.1 Å². The minimum Gasteiger partial charge on any atom is -0.476 e. The molecule has 5 rings (SSSR count). The molecule has 6 N–H and O–H groups in total. The standard InChI is InChI=1S/C31H50N7O10P/c1-5-44-26-23-25(34-30(32)35-26)38(17-33-23)29-31(4,42)24(39)22(48-29)16-45-49(43,36-18(2)27(40)46-20-12-8-6-9-13-20)37-19(3)28(41)47-21-14-10-7-11-15-21/h17-22,24,29,39,42H,5-16H2,1-4H3,(H2,32,34,35)(H2,36,37,43). The maximum absolute atomic E-state index is 14.4. The summed E-state index contributed by atoms with van der Waals surface area (Å²) < 4.78 is 44.5. The van der Waals surface area contributed by atoms with E-state index >= 15 is 0 Å². The number of rotatable bonds is 14. The molecule has 6 atom stereocenters. The van der Waals surface area contributed by atoms with Gasteiger partial charge in [0.1, 0.15) is 42.1 Å². The van der Waals surface area contributed by atoms with Gasteiger partial charge in [0.05, 0.1) is 19.5 Å². The van der Waals surface area contributed by atoms with Crippen LogP contribution in [0.4, 0.5) is 5.95 Å². The van der Waals surface area contributed by atoms with Crippen LogP contribution in [0.5, 0.6) is 5.88 Å². The Labute approximate surface area is 285 Å². The normalized spacial score (nSPS) is 27.8. The van der Waals surface area contributed by atoms with Gasteiger partial charge in [-0.2, -0.15) is 9.97 Å². The van der Waals surface area contributed by atoms with Gasteiger partial charge in [-0.15, -0.1) is 0 Å². The average Bonchev–Trinajstić information content (AvgIpc) is 3.58. The summed E-state index contributed by atoms with van der Waals surface area (Å²) in [6.45, 7) is 5.90. The van der Waals surface area contributed by atoms with Gasteiger partial charge >= 0.3 is 19.6 Å². The van der Waals surface area contributed by atoms with Crippen molar-refractivity contribution in [3.8, 4) is 5.88 Å². The van der Waals surface area contributed by atoms with Gasteiger partial charge in [-0.25, -0.2) is 15.2 Å². The fourth-order valence-electron chi connectivity index (χ4n) is 6.50. The van der Waals surface area contributed by atoms with Crippen LogP contribution in [-0.2, 0) is 32.9 Å². The third kappa shape index (κ3) is 8.88. The molecule has 1 aliphatic heterocycles. The Morgan fingerprint density at radius 2 is 1.59 bits per heavy atom. The van der Waals surface area contributed by atoms with E-state index in [2.05, 4.69) is 25.1 Å². The first kappa shape index (κ1) is 37.3. The van der Waals surface area contributed by atoms with Crippen molar-refractivity contribution in [3.05, 3.63) is 6.33 Å². The third-order valence-corrected chi connectivity index (χ3v) is 11.2. The minimum absolute atomic E-state index is 0.0962. The van der Waals surface area contributed by atoms with Crippen LogP contribution in [-0.4, -0.2) is 97.0 Å². The molecule has 274 valence electrons. The Balaban J connectivity index is 1.31. The number of hydrogen-bond acceptors (Lipinski definition) is 14. The number of carbonyl (C=O) groups is 2. The summed E-state index contributed by atoms with van der Waals surface area (Å²) in [7, 11) is -4.25. The quantitative estimate of drug-likeness (QED) is 0.140. The van der Waals surface area contributed by atoms with E-state index in [0.717, 1.165) is 64.2 Å². The molecular formula is C31H50N7O10P. The molecule has 6 unspecified atom stereocenters. The molecule has 49 heavy (non-hydrogen) atoms. The van der Waals surface area contributed by atoms with Gasteiger partial charge < -0.3 is 39.4 Å². The molecule has 2 saturated carbocycles. The number of fused-ring (bicyclic) bond motifs is 1. The molecule has 1 saturated heterocycles. The van der Waals surface area contributed by atoms with Gasteiger partial charge in [0.25, 0.3) is 0 Å². The van der Waals surface area contributed by atoms with Gasteiger partial charge in [0.2, 0.25) is 11.8 Å². The number of carbonyl (C=O) groups excluding carboxylic acids is 2. The number of nitrogen functional groups attached to an aromatic ring is 1. The van der Waals surface area contributed by atoms with Crippen molar-refractivity contribution in [3.63, 3.8) is 0 Å². The predicted octanol–water partition coefficient (Wildman–Crippen LogP) is 2.65. The molecule has 0 bridgehead atoms. The number of anilines is 1. The van der Waals surface area contributed by atoms with Crippen molar-refractivity contribution in [2.24, 2.45) is 0 Å². The van der Waals surface area contributed by atoms with E-state index in [0.29, 0.717) is 6.61 Å². The number of esters is 2. The summed E-state index contributed by atoms with van der Waals surface area (Å²) in [5, 5.41) is 28.0. The largest absolute Gasteiger partial charge is 0.476 e. The summed E-state index contributed by atoms with van der Waals surface area (Å²) in [4.78, 5) is 38.7. The number of nitrogens with zero attached hydrogens (tertiary/aromatic N) is 4. The molecule has 0 aromatic carbocycles. The number of imidazole rings is 1. The molecule has 0 spiro atoms. The second-order valence-corrected chi connectivity index (χ2v) is 15.2. The molecular weight excluding hydrogens is 661 g/mol. The van der Waals surface area contributed by atoms with E-state index in [4.69, 9.17) is 29.2 Å². The Bertz CT molecular complexity index is 1450. The lowest BCUT2D eigenvalue weighted by atomic mass is 9.96. The first-order valence-corrected chi connectivity index (χ1v) is 18.8. The predicted molar refractivity (Wildman–Crippen MR) is 176 cm³/mol. The average molecular weight is 712 g/mol. The molecule has 2 aromatic rings. The minimum atomic E-state index is -4.25. The zero-order valence-electron chi connectivity index (χ0n) is 28.6. The third-order valence-electron chi connectivity index (χ3n) is 9.22. The SMILES string of the molecule is CCOc1nc(N)nc2c1ncn2C1OC(COP(=O)(NC(C)C(=O)OC2CCCCC2)NC(C)C(=O)OC2CCCCC2)C(O)C1(C)O. The molecule has 0 radical (unpaired) electrons. The van der Waals surface area contributed by atoms with Gasteiger partial charge in [0.15, 0.2) is 17.4 Å². The van der Waals surface area contributed by atoms with Crippen molar-refractivity contribution in [2.45, 2.75) is 140 Å². The van der Waals surface area contributed by atoms with Crippen LogP contribution >= 0.6 is 7.67 Å². The van der Waals surface area contributed by atoms with Gasteiger partial charge in [0, 0.05) is 0 Å².